The molecule has 2 aliphatic rings. The molecule has 1 saturated heterocycles. The standard InChI is InChI=1S/C11H14N2O5/c1-7(14)17-6-8-2-3-10(18-8)13-5-4-9(15)12-11(13)16/h2-3,8,10H,4-6H2,1H3,(H,12,15,16)/t8-,10+/m0/s1. The zero-order chi connectivity index (χ0) is 13.1. The Bertz CT molecular complexity index is 406. The molecule has 0 aromatic heterocycles. The first-order valence-electron chi connectivity index (χ1n) is 5.64. The Kier molecular flexibility index (Phi) is 3.61. The van der Waals surface area contributed by atoms with E-state index in [9.17, 15) is 14.4 Å². The smallest absolute Gasteiger partial charge is 0.326 e. The van der Waals surface area contributed by atoms with E-state index in [0.29, 0.717) is 6.54 Å². The molecule has 2 heterocycles. The molecule has 0 aromatic rings. The first-order valence-corrected chi connectivity index (χ1v) is 5.64. The molecule has 2 atom stereocenters. The van der Waals surface area contributed by atoms with Crippen LogP contribution in [-0.2, 0) is 19.1 Å². The summed E-state index contributed by atoms with van der Waals surface area (Å²) in [7, 11) is 0. The van der Waals surface area contributed by atoms with Gasteiger partial charge < -0.3 is 9.47 Å². The largest absolute Gasteiger partial charge is 0.463 e. The molecule has 0 aliphatic carbocycles. The fraction of sp³-hybridized carbons (Fsp3) is 0.545. The van der Waals surface area contributed by atoms with Gasteiger partial charge in [0.2, 0.25) is 5.91 Å². The molecule has 0 aromatic carbocycles. The molecule has 0 saturated carbocycles. The van der Waals surface area contributed by atoms with Gasteiger partial charge in [0.15, 0.2) is 6.23 Å². The molecule has 3 amide bonds. The zero-order valence-electron chi connectivity index (χ0n) is 9.92. The van der Waals surface area contributed by atoms with Crippen molar-refractivity contribution in [1.29, 1.82) is 0 Å². The lowest BCUT2D eigenvalue weighted by molar-refractivity contribution is -0.146. The summed E-state index contributed by atoms with van der Waals surface area (Å²) >= 11 is 0. The van der Waals surface area contributed by atoms with Crippen LogP contribution in [0.2, 0.25) is 0 Å². The van der Waals surface area contributed by atoms with Gasteiger partial charge in [0.05, 0.1) is 0 Å². The van der Waals surface area contributed by atoms with Crippen LogP contribution in [0.15, 0.2) is 12.2 Å². The number of esters is 1. The number of hydrogen-bond acceptors (Lipinski definition) is 5. The normalized spacial score (nSPS) is 27.3. The Morgan fingerprint density at radius 3 is 3.00 bits per heavy atom. The average molecular weight is 254 g/mol. The molecule has 7 nitrogen and oxygen atoms in total. The second kappa shape index (κ2) is 5.18. The molecule has 2 rings (SSSR count). The third kappa shape index (κ3) is 2.86. The van der Waals surface area contributed by atoms with Crippen LogP contribution < -0.4 is 5.32 Å². The van der Waals surface area contributed by atoms with Crippen LogP contribution in [0.25, 0.3) is 0 Å². The molecule has 7 heteroatoms. The van der Waals surface area contributed by atoms with E-state index in [-0.39, 0.29) is 31.0 Å². The number of rotatable bonds is 3. The maximum Gasteiger partial charge on any atom is 0.326 e. The van der Waals surface area contributed by atoms with Gasteiger partial charge in [-0.3, -0.25) is 19.8 Å². The van der Waals surface area contributed by atoms with Gasteiger partial charge in [-0.25, -0.2) is 4.79 Å². The van der Waals surface area contributed by atoms with Crippen molar-refractivity contribution >= 4 is 17.9 Å². The third-order valence-corrected chi connectivity index (χ3v) is 2.65. The summed E-state index contributed by atoms with van der Waals surface area (Å²) in [5, 5.41) is 2.22. The van der Waals surface area contributed by atoms with Crippen molar-refractivity contribution in [2.75, 3.05) is 13.2 Å². The van der Waals surface area contributed by atoms with Crippen LogP contribution in [0.1, 0.15) is 13.3 Å². The Balaban J connectivity index is 1.85. The molecule has 2 aliphatic heterocycles. The van der Waals surface area contributed by atoms with Crippen molar-refractivity contribution in [2.24, 2.45) is 0 Å². The number of hydrogen-bond donors (Lipinski definition) is 1. The number of nitrogens with zero attached hydrogens (tertiary/aromatic N) is 1. The number of nitrogens with one attached hydrogen (secondary N) is 1. The van der Waals surface area contributed by atoms with Crippen molar-refractivity contribution < 1.29 is 23.9 Å². The Morgan fingerprint density at radius 2 is 2.33 bits per heavy atom. The van der Waals surface area contributed by atoms with E-state index in [1.807, 2.05) is 0 Å². The van der Waals surface area contributed by atoms with Crippen LogP contribution in [0.4, 0.5) is 4.79 Å². The predicted octanol–water partition coefficient (Wildman–Crippen LogP) is -0.227. The molecule has 1 N–H and O–H groups in total. The molecular formula is C11H14N2O5. The number of ether oxygens (including phenoxy) is 2. The van der Waals surface area contributed by atoms with Gasteiger partial charge in [-0.15, -0.1) is 0 Å². The number of carbonyl (C=O) groups is 3. The molecule has 18 heavy (non-hydrogen) atoms. The molecular weight excluding hydrogens is 240 g/mol. The highest BCUT2D eigenvalue weighted by Crippen LogP contribution is 2.17. The summed E-state index contributed by atoms with van der Waals surface area (Å²) < 4.78 is 10.3. The SMILES string of the molecule is CC(=O)OC[C@@H]1C=C[C@H](N2CCC(=O)NC2=O)O1. The number of urea groups is 1. The summed E-state index contributed by atoms with van der Waals surface area (Å²) in [4.78, 5) is 34.6. The zero-order valence-corrected chi connectivity index (χ0v) is 9.92. The fourth-order valence-electron chi connectivity index (χ4n) is 1.78. The van der Waals surface area contributed by atoms with Crippen LogP contribution in [0.3, 0.4) is 0 Å². The van der Waals surface area contributed by atoms with Crippen LogP contribution >= 0.6 is 0 Å². The molecule has 0 spiro atoms. The molecule has 0 radical (unpaired) electrons. The minimum atomic E-state index is -0.515. The van der Waals surface area contributed by atoms with E-state index < -0.39 is 12.3 Å². The third-order valence-electron chi connectivity index (χ3n) is 2.65. The maximum atomic E-state index is 11.6. The molecule has 98 valence electrons. The Hall–Kier alpha value is -1.89. The number of amides is 3. The van der Waals surface area contributed by atoms with Crippen molar-refractivity contribution in [1.82, 2.24) is 10.2 Å². The van der Waals surface area contributed by atoms with Gasteiger partial charge in [0.1, 0.15) is 12.7 Å². The van der Waals surface area contributed by atoms with Crippen molar-refractivity contribution in [2.45, 2.75) is 25.7 Å². The summed E-state index contributed by atoms with van der Waals surface area (Å²) in [6.07, 6.45) is 2.83. The van der Waals surface area contributed by atoms with Crippen molar-refractivity contribution in [3.8, 4) is 0 Å². The van der Waals surface area contributed by atoms with E-state index in [2.05, 4.69) is 5.32 Å². The summed E-state index contributed by atoms with van der Waals surface area (Å²) in [6, 6.07) is -0.464. The second-order valence-electron chi connectivity index (χ2n) is 4.05. The minimum absolute atomic E-state index is 0.122. The highest BCUT2D eigenvalue weighted by atomic mass is 16.6. The van der Waals surface area contributed by atoms with Crippen LogP contribution in [0.5, 0.6) is 0 Å². The lowest BCUT2D eigenvalue weighted by Gasteiger charge is -2.31. The monoisotopic (exact) mass is 254 g/mol. The average Bonchev–Trinajstić information content (AvgIpc) is 2.75. The summed E-state index contributed by atoms with van der Waals surface area (Å²) in [5.74, 6) is -0.661. The lowest BCUT2D eigenvalue weighted by atomic mass is 10.3. The van der Waals surface area contributed by atoms with E-state index in [4.69, 9.17) is 9.47 Å². The first-order chi connectivity index (χ1) is 8.56. The van der Waals surface area contributed by atoms with E-state index in [1.54, 1.807) is 12.2 Å². The van der Waals surface area contributed by atoms with Crippen molar-refractivity contribution in [3.63, 3.8) is 0 Å². The number of imide groups is 1. The molecule has 1 fully saturated rings. The molecule has 0 bridgehead atoms. The highest BCUT2D eigenvalue weighted by molar-refractivity contribution is 5.96. The van der Waals surface area contributed by atoms with E-state index >= 15 is 0 Å². The topological polar surface area (TPSA) is 84.9 Å². The quantitative estimate of drug-likeness (QED) is 0.555. The lowest BCUT2D eigenvalue weighted by Crippen LogP contribution is -2.53. The fourth-order valence-corrected chi connectivity index (χ4v) is 1.78. The van der Waals surface area contributed by atoms with Gasteiger partial charge in [-0.05, 0) is 6.08 Å². The predicted molar refractivity (Wildman–Crippen MR) is 59.3 cm³/mol. The Morgan fingerprint density at radius 1 is 1.56 bits per heavy atom. The van der Waals surface area contributed by atoms with Gasteiger partial charge in [0, 0.05) is 19.9 Å². The van der Waals surface area contributed by atoms with Crippen molar-refractivity contribution in [3.05, 3.63) is 12.2 Å². The Labute approximate surface area is 104 Å². The van der Waals surface area contributed by atoms with Gasteiger partial charge in [0.25, 0.3) is 0 Å². The maximum absolute atomic E-state index is 11.6. The number of carbonyl (C=O) groups excluding carboxylic acids is 3. The van der Waals surface area contributed by atoms with Gasteiger partial charge in [-0.2, -0.15) is 0 Å². The van der Waals surface area contributed by atoms with Crippen LogP contribution in [-0.4, -0.2) is 48.3 Å². The molecule has 0 unspecified atom stereocenters. The first kappa shape index (κ1) is 12.6. The van der Waals surface area contributed by atoms with E-state index in [1.165, 1.54) is 11.8 Å². The highest BCUT2D eigenvalue weighted by Gasteiger charge is 2.32. The minimum Gasteiger partial charge on any atom is -0.463 e. The summed E-state index contributed by atoms with van der Waals surface area (Å²) in [5.41, 5.74) is 0. The van der Waals surface area contributed by atoms with E-state index in [0.717, 1.165) is 0 Å². The van der Waals surface area contributed by atoms with Crippen LogP contribution in [0, 0.1) is 0 Å². The van der Waals surface area contributed by atoms with Gasteiger partial charge >= 0.3 is 12.0 Å². The van der Waals surface area contributed by atoms with Gasteiger partial charge in [-0.1, -0.05) is 6.08 Å². The second-order valence-corrected chi connectivity index (χ2v) is 4.05. The summed E-state index contributed by atoms with van der Waals surface area (Å²) in [6.45, 7) is 1.76.